The van der Waals surface area contributed by atoms with Gasteiger partial charge < -0.3 is 10.1 Å². The van der Waals surface area contributed by atoms with Crippen LogP contribution in [0, 0.1) is 5.41 Å². The number of nitrogens with one attached hydrogen (secondary N) is 1. The van der Waals surface area contributed by atoms with Crippen LogP contribution in [0.2, 0.25) is 0 Å². The molecular formula is C15H17NO3S2. The van der Waals surface area contributed by atoms with E-state index in [1.807, 2.05) is 43.7 Å². The number of esters is 1. The maximum Gasteiger partial charge on any atom is 0.341 e. The van der Waals surface area contributed by atoms with Gasteiger partial charge in [0.15, 0.2) is 0 Å². The molecule has 0 unspecified atom stereocenters. The number of anilines is 1. The number of carbonyl (C=O) groups excluding carboxylic acids is 2. The van der Waals surface area contributed by atoms with Crippen molar-refractivity contribution in [2.75, 3.05) is 12.4 Å². The SMILES string of the molecule is COC(=O)c1c(-c2cccs2)csc1NC(=O)C(C)(C)C. The molecule has 21 heavy (non-hydrogen) atoms. The Morgan fingerprint density at radius 1 is 1.24 bits per heavy atom. The van der Waals surface area contributed by atoms with E-state index in [4.69, 9.17) is 4.74 Å². The van der Waals surface area contributed by atoms with E-state index in [9.17, 15) is 9.59 Å². The van der Waals surface area contributed by atoms with E-state index in [-0.39, 0.29) is 5.91 Å². The molecule has 0 bridgehead atoms. The zero-order valence-corrected chi connectivity index (χ0v) is 14.0. The molecule has 0 saturated heterocycles. The lowest BCUT2D eigenvalue weighted by atomic mass is 9.96. The minimum Gasteiger partial charge on any atom is -0.465 e. The fourth-order valence-electron chi connectivity index (χ4n) is 1.66. The Morgan fingerprint density at radius 3 is 2.48 bits per heavy atom. The van der Waals surface area contributed by atoms with Gasteiger partial charge in [0, 0.05) is 21.2 Å². The first-order valence-electron chi connectivity index (χ1n) is 6.39. The number of amides is 1. The topological polar surface area (TPSA) is 55.4 Å². The van der Waals surface area contributed by atoms with E-state index < -0.39 is 11.4 Å². The average Bonchev–Trinajstić information content (AvgIpc) is 3.05. The summed E-state index contributed by atoms with van der Waals surface area (Å²) in [6.07, 6.45) is 0. The lowest BCUT2D eigenvalue weighted by Crippen LogP contribution is -2.28. The second kappa shape index (κ2) is 5.99. The molecule has 0 saturated carbocycles. The second-order valence-electron chi connectivity index (χ2n) is 5.53. The molecule has 0 aliphatic rings. The van der Waals surface area contributed by atoms with Gasteiger partial charge >= 0.3 is 5.97 Å². The predicted molar refractivity (Wildman–Crippen MR) is 87.1 cm³/mol. The second-order valence-corrected chi connectivity index (χ2v) is 7.35. The van der Waals surface area contributed by atoms with Crippen molar-refractivity contribution < 1.29 is 14.3 Å². The molecule has 2 rings (SSSR count). The van der Waals surface area contributed by atoms with Crippen LogP contribution < -0.4 is 5.32 Å². The summed E-state index contributed by atoms with van der Waals surface area (Å²) >= 11 is 2.88. The molecule has 6 heteroatoms. The van der Waals surface area contributed by atoms with Gasteiger partial charge in [0.05, 0.1) is 7.11 Å². The Kier molecular flexibility index (Phi) is 4.49. The first kappa shape index (κ1) is 15.7. The molecule has 1 amide bonds. The molecule has 2 aromatic heterocycles. The number of methoxy groups -OCH3 is 1. The molecule has 2 aromatic rings. The zero-order valence-electron chi connectivity index (χ0n) is 12.4. The maximum atomic E-state index is 12.1. The van der Waals surface area contributed by atoms with Crippen molar-refractivity contribution in [3.8, 4) is 10.4 Å². The van der Waals surface area contributed by atoms with Crippen molar-refractivity contribution in [1.82, 2.24) is 0 Å². The minimum atomic E-state index is -0.527. The van der Waals surface area contributed by atoms with Crippen LogP contribution in [0.25, 0.3) is 10.4 Å². The number of rotatable bonds is 3. The smallest absolute Gasteiger partial charge is 0.341 e. The van der Waals surface area contributed by atoms with Crippen LogP contribution in [0.15, 0.2) is 22.9 Å². The van der Waals surface area contributed by atoms with E-state index in [2.05, 4.69) is 5.32 Å². The van der Waals surface area contributed by atoms with Crippen LogP contribution in [-0.4, -0.2) is 19.0 Å². The van der Waals surface area contributed by atoms with Crippen molar-refractivity contribution >= 4 is 39.6 Å². The summed E-state index contributed by atoms with van der Waals surface area (Å²) in [5.41, 5.74) is 0.689. The average molecular weight is 323 g/mol. The summed E-state index contributed by atoms with van der Waals surface area (Å²) in [6, 6.07) is 3.86. The standard InChI is InChI=1S/C15H17NO3S2/c1-15(2,3)14(18)16-12-11(13(17)19-4)9(8-21-12)10-6-5-7-20-10/h5-8H,1-4H3,(H,16,18). The van der Waals surface area contributed by atoms with Crippen LogP contribution in [0.4, 0.5) is 5.00 Å². The number of thiophene rings is 2. The highest BCUT2D eigenvalue weighted by molar-refractivity contribution is 7.17. The monoisotopic (exact) mass is 323 g/mol. The highest BCUT2D eigenvalue weighted by atomic mass is 32.1. The van der Waals surface area contributed by atoms with Crippen LogP contribution in [0.3, 0.4) is 0 Å². The largest absolute Gasteiger partial charge is 0.465 e. The van der Waals surface area contributed by atoms with E-state index in [1.54, 1.807) is 11.3 Å². The van der Waals surface area contributed by atoms with E-state index in [0.717, 1.165) is 10.4 Å². The van der Waals surface area contributed by atoms with Gasteiger partial charge in [0.2, 0.25) is 5.91 Å². The van der Waals surface area contributed by atoms with Gasteiger partial charge in [0.1, 0.15) is 10.6 Å². The summed E-state index contributed by atoms with van der Waals surface area (Å²) in [7, 11) is 1.34. The Labute approximate surface area is 131 Å². The molecule has 0 radical (unpaired) electrons. The van der Waals surface area contributed by atoms with Crippen LogP contribution >= 0.6 is 22.7 Å². The third-order valence-corrected chi connectivity index (χ3v) is 4.67. The number of carbonyl (C=O) groups is 2. The Bertz CT molecular complexity index is 651. The third-order valence-electron chi connectivity index (χ3n) is 2.88. The van der Waals surface area contributed by atoms with Crippen molar-refractivity contribution in [2.24, 2.45) is 5.41 Å². The quantitative estimate of drug-likeness (QED) is 0.859. The molecular weight excluding hydrogens is 306 g/mol. The van der Waals surface area contributed by atoms with Gasteiger partial charge in [-0.05, 0) is 11.4 Å². The highest BCUT2D eigenvalue weighted by Crippen LogP contribution is 2.38. The molecule has 0 atom stereocenters. The summed E-state index contributed by atoms with van der Waals surface area (Å²) in [4.78, 5) is 25.2. The highest BCUT2D eigenvalue weighted by Gasteiger charge is 2.26. The molecule has 0 fully saturated rings. The Hall–Kier alpha value is -1.66. The normalized spacial score (nSPS) is 11.2. The molecule has 112 valence electrons. The first-order chi connectivity index (χ1) is 9.84. The predicted octanol–water partition coefficient (Wildman–Crippen LogP) is 4.25. The van der Waals surface area contributed by atoms with E-state index >= 15 is 0 Å². The number of hydrogen-bond acceptors (Lipinski definition) is 5. The molecule has 4 nitrogen and oxygen atoms in total. The van der Waals surface area contributed by atoms with Gasteiger partial charge in [-0.25, -0.2) is 4.79 Å². The van der Waals surface area contributed by atoms with Gasteiger partial charge in [0.25, 0.3) is 0 Å². The fraction of sp³-hybridized carbons (Fsp3) is 0.333. The van der Waals surface area contributed by atoms with E-state index in [1.165, 1.54) is 18.4 Å². The van der Waals surface area contributed by atoms with Crippen LogP contribution in [-0.2, 0) is 9.53 Å². The summed E-state index contributed by atoms with van der Waals surface area (Å²) in [5.74, 6) is -0.573. The van der Waals surface area contributed by atoms with Crippen LogP contribution in [0.1, 0.15) is 31.1 Å². The zero-order chi connectivity index (χ0) is 15.6. The van der Waals surface area contributed by atoms with Crippen LogP contribution in [0.5, 0.6) is 0 Å². The van der Waals surface area contributed by atoms with Crippen molar-refractivity contribution in [2.45, 2.75) is 20.8 Å². The fourth-order valence-corrected chi connectivity index (χ4v) is 3.43. The van der Waals surface area contributed by atoms with Gasteiger partial charge in [-0.3, -0.25) is 4.79 Å². The molecule has 1 N–H and O–H groups in total. The Balaban J connectivity index is 2.43. The Morgan fingerprint density at radius 2 is 1.95 bits per heavy atom. The maximum absolute atomic E-state index is 12.1. The number of ether oxygens (including phenoxy) is 1. The first-order valence-corrected chi connectivity index (χ1v) is 8.15. The minimum absolute atomic E-state index is 0.132. The molecule has 0 spiro atoms. The third kappa shape index (κ3) is 3.33. The lowest BCUT2D eigenvalue weighted by molar-refractivity contribution is -0.123. The lowest BCUT2D eigenvalue weighted by Gasteiger charge is -2.17. The molecule has 2 heterocycles. The van der Waals surface area contributed by atoms with E-state index in [0.29, 0.717) is 10.6 Å². The molecule has 0 aliphatic heterocycles. The summed E-state index contributed by atoms with van der Waals surface area (Å²) in [6.45, 7) is 5.48. The van der Waals surface area contributed by atoms with Gasteiger partial charge in [-0.1, -0.05) is 26.8 Å². The molecule has 0 aromatic carbocycles. The van der Waals surface area contributed by atoms with Gasteiger partial charge in [-0.15, -0.1) is 22.7 Å². The van der Waals surface area contributed by atoms with Gasteiger partial charge in [-0.2, -0.15) is 0 Å². The number of hydrogen-bond donors (Lipinski definition) is 1. The van der Waals surface area contributed by atoms with Crippen molar-refractivity contribution in [3.05, 3.63) is 28.5 Å². The summed E-state index contributed by atoms with van der Waals surface area (Å²) < 4.78 is 4.86. The van der Waals surface area contributed by atoms with Crippen molar-refractivity contribution in [1.29, 1.82) is 0 Å². The van der Waals surface area contributed by atoms with Crippen molar-refractivity contribution in [3.63, 3.8) is 0 Å². The molecule has 0 aliphatic carbocycles. The summed E-state index contributed by atoms with van der Waals surface area (Å²) in [5, 5.41) is 7.18.